The molecule has 0 aliphatic carbocycles. The molecule has 4 heteroatoms. The normalized spacial score (nSPS) is 11.5. The van der Waals surface area contributed by atoms with Crippen molar-refractivity contribution in [2.45, 2.75) is 6.92 Å². The van der Waals surface area contributed by atoms with Gasteiger partial charge in [0.1, 0.15) is 5.75 Å². The van der Waals surface area contributed by atoms with Crippen LogP contribution in [0.4, 0.5) is 0 Å². The van der Waals surface area contributed by atoms with Gasteiger partial charge >= 0.3 is 0 Å². The molecule has 2 rings (SSSR count). The Balaban J connectivity index is 1.96. The van der Waals surface area contributed by atoms with Gasteiger partial charge in [0.05, 0.1) is 13.3 Å². The second-order valence-electron chi connectivity index (χ2n) is 4.73. The number of nitrogens with zero attached hydrogens (tertiary/aromatic N) is 1. The second-order valence-corrected chi connectivity index (χ2v) is 4.73. The van der Waals surface area contributed by atoms with E-state index in [-0.39, 0.29) is 5.91 Å². The van der Waals surface area contributed by atoms with Gasteiger partial charge in [-0.3, -0.25) is 4.79 Å². The van der Waals surface area contributed by atoms with Crippen LogP contribution >= 0.6 is 0 Å². The Bertz CT molecular complexity index is 691. The molecule has 112 valence electrons. The molecule has 0 unspecified atom stereocenters. The molecule has 1 N–H and O–H groups in total. The summed E-state index contributed by atoms with van der Waals surface area (Å²) in [6, 6.07) is 16.8. The molecule has 22 heavy (non-hydrogen) atoms. The molecule has 0 aliphatic rings. The Morgan fingerprint density at radius 3 is 2.64 bits per heavy atom. The van der Waals surface area contributed by atoms with E-state index in [0.717, 1.165) is 11.1 Å². The highest BCUT2D eigenvalue weighted by molar-refractivity contribution is 5.95. The van der Waals surface area contributed by atoms with Crippen LogP contribution in [0.2, 0.25) is 0 Å². The maximum Gasteiger partial charge on any atom is 0.271 e. The van der Waals surface area contributed by atoms with Crippen molar-refractivity contribution in [2.75, 3.05) is 7.11 Å². The van der Waals surface area contributed by atoms with Crippen LogP contribution in [0.25, 0.3) is 6.08 Å². The van der Waals surface area contributed by atoms with Crippen molar-refractivity contribution >= 4 is 18.2 Å². The molecule has 0 fully saturated rings. The molecule has 2 aromatic carbocycles. The topological polar surface area (TPSA) is 50.7 Å². The summed E-state index contributed by atoms with van der Waals surface area (Å²) < 4.78 is 5.09. The Kier molecular flexibility index (Phi) is 5.49. The molecule has 0 saturated heterocycles. The van der Waals surface area contributed by atoms with Gasteiger partial charge in [-0.25, -0.2) is 5.43 Å². The molecule has 0 aromatic heterocycles. The molecule has 0 radical (unpaired) electrons. The summed E-state index contributed by atoms with van der Waals surface area (Å²) in [6.45, 7) is 1.92. The first-order valence-electron chi connectivity index (χ1n) is 6.90. The number of benzene rings is 2. The standard InChI is InChI=1S/C18H18N2O2/c1-14(11-15-7-4-3-5-8-15)13-19-20-18(21)16-9-6-10-17(12-16)22-2/h3-13H,1-2H3,(H,20,21)/b14-11-,19-13-. The van der Waals surface area contributed by atoms with E-state index in [2.05, 4.69) is 10.5 Å². The quantitative estimate of drug-likeness (QED) is 0.677. The van der Waals surface area contributed by atoms with Crippen molar-refractivity contribution in [3.63, 3.8) is 0 Å². The summed E-state index contributed by atoms with van der Waals surface area (Å²) >= 11 is 0. The van der Waals surface area contributed by atoms with Gasteiger partial charge in [0.25, 0.3) is 5.91 Å². The van der Waals surface area contributed by atoms with Gasteiger partial charge in [-0.2, -0.15) is 5.10 Å². The number of carbonyl (C=O) groups excluding carboxylic acids is 1. The van der Waals surface area contributed by atoms with Gasteiger partial charge in [0.2, 0.25) is 0 Å². The van der Waals surface area contributed by atoms with Crippen LogP contribution in [0.1, 0.15) is 22.8 Å². The van der Waals surface area contributed by atoms with Gasteiger partial charge in [0, 0.05) is 5.56 Å². The minimum Gasteiger partial charge on any atom is -0.497 e. The minimum atomic E-state index is -0.275. The molecule has 0 spiro atoms. The number of nitrogens with one attached hydrogen (secondary N) is 1. The van der Waals surface area contributed by atoms with Crippen molar-refractivity contribution in [2.24, 2.45) is 5.10 Å². The predicted octanol–water partition coefficient (Wildman–Crippen LogP) is 3.51. The lowest BCUT2D eigenvalue weighted by Crippen LogP contribution is -2.17. The van der Waals surface area contributed by atoms with Crippen molar-refractivity contribution in [1.29, 1.82) is 0 Å². The van der Waals surface area contributed by atoms with E-state index in [1.54, 1.807) is 37.6 Å². The van der Waals surface area contributed by atoms with Crippen LogP contribution in [-0.2, 0) is 0 Å². The van der Waals surface area contributed by atoms with E-state index < -0.39 is 0 Å². The van der Waals surface area contributed by atoms with Crippen molar-refractivity contribution in [1.82, 2.24) is 5.43 Å². The number of amides is 1. The maximum absolute atomic E-state index is 12.0. The van der Waals surface area contributed by atoms with Gasteiger partial charge < -0.3 is 4.74 Å². The lowest BCUT2D eigenvalue weighted by molar-refractivity contribution is 0.0955. The fraction of sp³-hybridized carbons (Fsp3) is 0.111. The molecular weight excluding hydrogens is 276 g/mol. The highest BCUT2D eigenvalue weighted by Gasteiger charge is 2.04. The van der Waals surface area contributed by atoms with Gasteiger partial charge in [-0.05, 0) is 36.3 Å². The average molecular weight is 294 g/mol. The first kappa shape index (κ1) is 15.5. The molecule has 0 atom stereocenters. The van der Waals surface area contributed by atoms with Crippen LogP contribution in [-0.4, -0.2) is 19.2 Å². The van der Waals surface area contributed by atoms with Crippen LogP contribution in [0.3, 0.4) is 0 Å². The van der Waals surface area contributed by atoms with E-state index >= 15 is 0 Å². The number of hydrazone groups is 1. The predicted molar refractivity (Wildman–Crippen MR) is 89.0 cm³/mol. The van der Waals surface area contributed by atoms with Crippen molar-refractivity contribution in [3.05, 3.63) is 71.3 Å². The molecule has 0 heterocycles. The Morgan fingerprint density at radius 1 is 1.14 bits per heavy atom. The molecule has 2 aromatic rings. The Hall–Kier alpha value is -2.88. The number of hydrogen-bond acceptors (Lipinski definition) is 3. The summed E-state index contributed by atoms with van der Waals surface area (Å²) in [5.74, 6) is 0.361. The first-order valence-corrected chi connectivity index (χ1v) is 6.90. The third-order valence-electron chi connectivity index (χ3n) is 2.96. The van der Waals surface area contributed by atoms with E-state index in [4.69, 9.17) is 4.74 Å². The fourth-order valence-electron chi connectivity index (χ4n) is 1.87. The van der Waals surface area contributed by atoms with Crippen LogP contribution in [0.15, 0.2) is 65.3 Å². The van der Waals surface area contributed by atoms with Crippen LogP contribution < -0.4 is 10.2 Å². The molecule has 0 bridgehead atoms. The second kappa shape index (κ2) is 7.78. The van der Waals surface area contributed by atoms with Crippen LogP contribution in [0, 0.1) is 0 Å². The number of allylic oxidation sites excluding steroid dienone is 1. The molecule has 0 aliphatic heterocycles. The first-order chi connectivity index (χ1) is 10.7. The van der Waals surface area contributed by atoms with Gasteiger partial charge in [0.15, 0.2) is 0 Å². The summed E-state index contributed by atoms with van der Waals surface area (Å²) in [6.07, 6.45) is 3.60. The lowest BCUT2D eigenvalue weighted by atomic mass is 10.1. The van der Waals surface area contributed by atoms with E-state index in [0.29, 0.717) is 11.3 Å². The molecule has 1 amide bonds. The molecular formula is C18H18N2O2. The smallest absolute Gasteiger partial charge is 0.271 e. The highest BCUT2D eigenvalue weighted by atomic mass is 16.5. The monoisotopic (exact) mass is 294 g/mol. The fourth-order valence-corrected chi connectivity index (χ4v) is 1.87. The summed E-state index contributed by atoms with van der Waals surface area (Å²) in [7, 11) is 1.56. The summed E-state index contributed by atoms with van der Waals surface area (Å²) in [4.78, 5) is 12.0. The van der Waals surface area contributed by atoms with E-state index in [9.17, 15) is 4.79 Å². The number of carbonyl (C=O) groups is 1. The zero-order valence-corrected chi connectivity index (χ0v) is 12.6. The van der Waals surface area contributed by atoms with Crippen molar-refractivity contribution in [3.8, 4) is 5.75 Å². The number of rotatable bonds is 5. The largest absolute Gasteiger partial charge is 0.497 e. The minimum absolute atomic E-state index is 0.275. The SMILES string of the molecule is COc1cccc(C(=O)N/N=C\C(C)=C/c2ccccc2)c1. The average Bonchev–Trinajstić information content (AvgIpc) is 2.55. The van der Waals surface area contributed by atoms with E-state index in [1.807, 2.05) is 43.3 Å². The van der Waals surface area contributed by atoms with Crippen molar-refractivity contribution < 1.29 is 9.53 Å². The summed E-state index contributed by atoms with van der Waals surface area (Å²) in [5.41, 5.74) is 5.03. The molecule has 0 saturated carbocycles. The number of hydrogen-bond donors (Lipinski definition) is 1. The zero-order chi connectivity index (χ0) is 15.8. The Morgan fingerprint density at radius 2 is 1.91 bits per heavy atom. The third-order valence-corrected chi connectivity index (χ3v) is 2.96. The third kappa shape index (κ3) is 4.59. The zero-order valence-electron chi connectivity index (χ0n) is 12.6. The van der Waals surface area contributed by atoms with E-state index in [1.165, 1.54) is 0 Å². The van der Waals surface area contributed by atoms with Crippen LogP contribution in [0.5, 0.6) is 5.75 Å². The maximum atomic E-state index is 12.0. The number of ether oxygens (including phenoxy) is 1. The van der Waals surface area contributed by atoms with Gasteiger partial charge in [-0.1, -0.05) is 42.5 Å². The summed E-state index contributed by atoms with van der Waals surface area (Å²) in [5, 5.41) is 3.97. The highest BCUT2D eigenvalue weighted by Crippen LogP contribution is 2.12. The Labute approximate surface area is 130 Å². The number of methoxy groups -OCH3 is 1. The van der Waals surface area contributed by atoms with Gasteiger partial charge in [-0.15, -0.1) is 0 Å². The molecule has 4 nitrogen and oxygen atoms in total. The lowest BCUT2D eigenvalue weighted by Gasteiger charge is -2.03.